The zero-order chi connectivity index (χ0) is 22.0. The molecule has 0 bridgehead atoms. The summed E-state index contributed by atoms with van der Waals surface area (Å²) < 4.78 is 40.4. The van der Waals surface area contributed by atoms with Crippen LogP contribution in [0.15, 0.2) is 47.4 Å². The van der Waals surface area contributed by atoms with E-state index in [1.807, 2.05) is 4.90 Å². The summed E-state index contributed by atoms with van der Waals surface area (Å²) in [6.45, 7) is 3.21. The van der Waals surface area contributed by atoms with Gasteiger partial charge in [0, 0.05) is 51.0 Å². The Morgan fingerprint density at radius 3 is 2.06 bits per heavy atom. The molecule has 0 aromatic heterocycles. The maximum absolute atomic E-state index is 13.2. The van der Waals surface area contributed by atoms with Crippen molar-refractivity contribution in [3.8, 4) is 0 Å². The Labute approximate surface area is 181 Å². The van der Waals surface area contributed by atoms with E-state index in [0.717, 1.165) is 24.9 Å². The van der Waals surface area contributed by atoms with Crippen LogP contribution in [0.2, 0.25) is 0 Å². The molecule has 10 heteroatoms. The number of nitro groups is 1. The lowest BCUT2D eigenvalue weighted by molar-refractivity contribution is -0.384. The maximum atomic E-state index is 13.2. The molecule has 0 N–H and O–H groups in total. The molecular formula is C21H25FN4O4S. The molecule has 2 aliphatic heterocycles. The van der Waals surface area contributed by atoms with Crippen LogP contribution in [0.5, 0.6) is 0 Å². The molecule has 2 fully saturated rings. The van der Waals surface area contributed by atoms with E-state index in [9.17, 15) is 22.9 Å². The van der Waals surface area contributed by atoms with Gasteiger partial charge in [0.15, 0.2) is 0 Å². The summed E-state index contributed by atoms with van der Waals surface area (Å²) in [6, 6.07) is 10.5. The van der Waals surface area contributed by atoms with Crippen molar-refractivity contribution in [1.82, 2.24) is 4.31 Å². The van der Waals surface area contributed by atoms with E-state index in [0.29, 0.717) is 45.0 Å². The Hall–Kier alpha value is -2.72. The SMILES string of the molecule is O=[N+]([O-])c1cc(S(=O)(=O)N2CCCCC2)ccc1N1CCN(c2ccc(F)cc2)CC1. The van der Waals surface area contributed by atoms with Gasteiger partial charge in [-0.2, -0.15) is 4.31 Å². The number of hydrogen-bond donors (Lipinski definition) is 0. The summed E-state index contributed by atoms with van der Waals surface area (Å²) in [5.74, 6) is -0.294. The van der Waals surface area contributed by atoms with Gasteiger partial charge in [-0.3, -0.25) is 10.1 Å². The minimum absolute atomic E-state index is 0.0326. The van der Waals surface area contributed by atoms with Gasteiger partial charge < -0.3 is 9.80 Å². The number of nitrogens with zero attached hydrogens (tertiary/aromatic N) is 4. The van der Waals surface area contributed by atoms with Crippen LogP contribution in [0.3, 0.4) is 0 Å². The van der Waals surface area contributed by atoms with E-state index in [4.69, 9.17) is 0 Å². The summed E-state index contributed by atoms with van der Waals surface area (Å²) in [4.78, 5) is 15.2. The second-order valence-corrected chi connectivity index (χ2v) is 9.76. The first-order valence-corrected chi connectivity index (χ1v) is 11.8. The molecule has 0 aliphatic carbocycles. The van der Waals surface area contributed by atoms with E-state index in [1.165, 1.54) is 28.6 Å². The standard InChI is InChI=1S/C21H25FN4O4S/c22-17-4-6-18(7-5-17)23-12-14-24(15-13-23)20-9-8-19(16-21(20)26(27)28)31(29,30)25-10-2-1-3-11-25/h4-9,16H,1-3,10-15H2. The van der Waals surface area contributed by atoms with Crippen LogP contribution in [-0.2, 0) is 10.0 Å². The third kappa shape index (κ3) is 4.49. The highest BCUT2D eigenvalue weighted by molar-refractivity contribution is 7.89. The lowest BCUT2D eigenvalue weighted by Crippen LogP contribution is -2.46. The predicted octanol–water partition coefficient (Wildman–Crippen LogP) is 3.24. The molecular weight excluding hydrogens is 423 g/mol. The molecule has 4 rings (SSSR count). The molecule has 31 heavy (non-hydrogen) atoms. The van der Waals surface area contributed by atoms with Gasteiger partial charge in [-0.1, -0.05) is 6.42 Å². The average Bonchev–Trinajstić information content (AvgIpc) is 2.80. The van der Waals surface area contributed by atoms with E-state index in [-0.39, 0.29) is 16.4 Å². The molecule has 2 aromatic carbocycles. The number of hydrogen-bond acceptors (Lipinski definition) is 6. The van der Waals surface area contributed by atoms with Crippen LogP contribution in [0, 0.1) is 15.9 Å². The molecule has 0 spiro atoms. The maximum Gasteiger partial charge on any atom is 0.293 e. The smallest absolute Gasteiger partial charge is 0.293 e. The summed E-state index contributed by atoms with van der Waals surface area (Å²) in [6.07, 6.45) is 2.60. The Morgan fingerprint density at radius 1 is 0.839 bits per heavy atom. The number of sulfonamides is 1. The fourth-order valence-corrected chi connectivity index (χ4v) is 5.73. The molecule has 0 saturated carbocycles. The number of rotatable bonds is 5. The first-order chi connectivity index (χ1) is 14.9. The highest BCUT2D eigenvalue weighted by atomic mass is 32.2. The number of benzene rings is 2. The molecule has 2 heterocycles. The molecule has 0 radical (unpaired) electrons. The van der Waals surface area contributed by atoms with Gasteiger partial charge in [0.1, 0.15) is 11.5 Å². The second-order valence-electron chi connectivity index (χ2n) is 7.82. The quantitative estimate of drug-likeness (QED) is 0.516. The first kappa shape index (κ1) is 21.5. The first-order valence-electron chi connectivity index (χ1n) is 10.4. The van der Waals surface area contributed by atoms with Gasteiger partial charge in [-0.05, 0) is 49.2 Å². The average molecular weight is 449 g/mol. The van der Waals surface area contributed by atoms with Crippen LogP contribution >= 0.6 is 0 Å². The van der Waals surface area contributed by atoms with Gasteiger partial charge in [0.25, 0.3) is 5.69 Å². The molecule has 2 aliphatic rings. The highest BCUT2D eigenvalue weighted by Gasteiger charge is 2.30. The fourth-order valence-electron chi connectivity index (χ4n) is 4.19. The number of piperidine rings is 1. The molecule has 0 unspecified atom stereocenters. The molecule has 166 valence electrons. The van der Waals surface area contributed by atoms with Crippen LogP contribution in [0.25, 0.3) is 0 Å². The molecule has 0 amide bonds. The van der Waals surface area contributed by atoms with Gasteiger partial charge >= 0.3 is 0 Å². The summed E-state index contributed by atoms with van der Waals surface area (Å²) >= 11 is 0. The lowest BCUT2D eigenvalue weighted by atomic mass is 10.2. The number of halogens is 1. The van der Waals surface area contributed by atoms with Crippen molar-refractivity contribution in [2.45, 2.75) is 24.2 Å². The lowest BCUT2D eigenvalue weighted by Gasteiger charge is -2.37. The molecule has 8 nitrogen and oxygen atoms in total. The van der Waals surface area contributed by atoms with Crippen molar-refractivity contribution < 1.29 is 17.7 Å². The molecule has 2 aromatic rings. The van der Waals surface area contributed by atoms with Gasteiger partial charge in [0.2, 0.25) is 10.0 Å². The Bertz CT molecular complexity index is 1050. The van der Waals surface area contributed by atoms with E-state index < -0.39 is 14.9 Å². The van der Waals surface area contributed by atoms with E-state index in [2.05, 4.69) is 4.90 Å². The van der Waals surface area contributed by atoms with Gasteiger partial charge in [-0.25, -0.2) is 12.8 Å². The van der Waals surface area contributed by atoms with E-state index in [1.54, 1.807) is 18.2 Å². The third-order valence-electron chi connectivity index (χ3n) is 5.91. The third-order valence-corrected chi connectivity index (χ3v) is 7.80. The normalized spacial score (nSPS) is 18.2. The topological polar surface area (TPSA) is 87.0 Å². The second kappa shape index (κ2) is 8.80. The van der Waals surface area contributed by atoms with Crippen molar-refractivity contribution >= 4 is 27.1 Å². The summed E-state index contributed by atoms with van der Waals surface area (Å²) in [5.41, 5.74) is 1.12. The van der Waals surface area contributed by atoms with E-state index >= 15 is 0 Å². The van der Waals surface area contributed by atoms with Crippen molar-refractivity contribution in [3.63, 3.8) is 0 Å². The minimum atomic E-state index is -3.74. The zero-order valence-electron chi connectivity index (χ0n) is 17.1. The molecule has 0 atom stereocenters. The van der Waals surface area contributed by atoms with Crippen molar-refractivity contribution in [3.05, 3.63) is 58.4 Å². The van der Waals surface area contributed by atoms with Crippen LogP contribution in [0.4, 0.5) is 21.5 Å². The molecule has 2 saturated heterocycles. The Morgan fingerprint density at radius 2 is 1.45 bits per heavy atom. The number of piperazine rings is 1. The fraction of sp³-hybridized carbons (Fsp3) is 0.429. The predicted molar refractivity (Wildman–Crippen MR) is 117 cm³/mol. The van der Waals surface area contributed by atoms with Gasteiger partial charge in [0.05, 0.1) is 9.82 Å². The Balaban J connectivity index is 1.54. The van der Waals surface area contributed by atoms with Crippen LogP contribution in [-0.4, -0.2) is 56.9 Å². The Kier molecular flexibility index (Phi) is 6.10. The highest BCUT2D eigenvalue weighted by Crippen LogP contribution is 2.33. The largest absolute Gasteiger partial charge is 0.368 e. The summed E-state index contributed by atoms with van der Waals surface area (Å²) in [5, 5.41) is 11.8. The zero-order valence-corrected chi connectivity index (χ0v) is 17.9. The minimum Gasteiger partial charge on any atom is -0.368 e. The number of nitro benzene ring substituents is 1. The summed E-state index contributed by atoms with van der Waals surface area (Å²) in [7, 11) is -3.74. The van der Waals surface area contributed by atoms with Crippen molar-refractivity contribution in [2.24, 2.45) is 0 Å². The van der Waals surface area contributed by atoms with Gasteiger partial charge in [-0.15, -0.1) is 0 Å². The van der Waals surface area contributed by atoms with Crippen molar-refractivity contribution in [2.75, 3.05) is 49.1 Å². The monoisotopic (exact) mass is 448 g/mol. The van der Waals surface area contributed by atoms with Crippen LogP contribution in [0.1, 0.15) is 19.3 Å². The van der Waals surface area contributed by atoms with Crippen molar-refractivity contribution in [1.29, 1.82) is 0 Å². The van der Waals surface area contributed by atoms with Crippen LogP contribution < -0.4 is 9.80 Å². The number of anilines is 2.